The largest absolute Gasteiger partial charge is 0.339 e. The van der Waals surface area contributed by atoms with Crippen LogP contribution < -0.4 is 0 Å². The molecule has 0 aromatic heterocycles. The minimum atomic E-state index is 0.440. The van der Waals surface area contributed by atoms with Gasteiger partial charge in [-0.3, -0.25) is 4.79 Å². The molecule has 0 aromatic carbocycles. The van der Waals surface area contributed by atoms with Crippen LogP contribution in [-0.2, 0) is 4.79 Å². The van der Waals surface area contributed by atoms with E-state index >= 15 is 0 Å². The van der Waals surface area contributed by atoms with Crippen molar-refractivity contribution in [3.05, 3.63) is 0 Å². The number of hydrogen-bond donors (Lipinski definition) is 0. The molecule has 0 heterocycles. The molecule has 0 spiro atoms. The summed E-state index contributed by atoms with van der Waals surface area (Å²) in [4.78, 5) is 13.8. The lowest BCUT2D eigenvalue weighted by molar-refractivity contribution is -0.125. The minimum Gasteiger partial charge on any atom is -0.339 e. The van der Waals surface area contributed by atoms with Crippen LogP contribution in [0.4, 0.5) is 0 Å². The van der Waals surface area contributed by atoms with Crippen molar-refractivity contribution >= 4 is 6.41 Å². The Morgan fingerprint density at radius 2 is 1.16 bits per heavy atom. The number of rotatable bonds is 5. The van der Waals surface area contributed by atoms with Crippen molar-refractivity contribution in [3.63, 3.8) is 0 Å². The van der Waals surface area contributed by atoms with Gasteiger partial charge in [0.1, 0.15) is 0 Å². The fraction of sp³-hybridized carbons (Fsp3) is 0.941. The lowest BCUT2D eigenvalue weighted by Crippen LogP contribution is -2.47. The zero-order chi connectivity index (χ0) is 13.7. The third-order valence-electron chi connectivity index (χ3n) is 5.73. The number of carbonyl (C=O) groups is 1. The molecule has 0 aliphatic heterocycles. The van der Waals surface area contributed by atoms with E-state index in [0.29, 0.717) is 12.1 Å². The molecule has 2 nitrogen and oxygen atoms in total. The van der Waals surface area contributed by atoms with Crippen LogP contribution in [0, 0.1) is 11.8 Å². The van der Waals surface area contributed by atoms with Crippen LogP contribution in [0.15, 0.2) is 0 Å². The van der Waals surface area contributed by atoms with E-state index in [9.17, 15) is 4.79 Å². The molecule has 0 aromatic rings. The first-order valence-electron chi connectivity index (χ1n) is 8.46. The predicted molar refractivity (Wildman–Crippen MR) is 80.0 cm³/mol. The Balaban J connectivity index is 1.94. The van der Waals surface area contributed by atoms with E-state index in [2.05, 4.69) is 18.7 Å². The molecule has 2 aliphatic rings. The molecule has 0 unspecified atom stereocenters. The Hall–Kier alpha value is -0.530. The minimum absolute atomic E-state index is 0.440. The molecule has 1 amide bonds. The molecule has 2 rings (SSSR count). The summed E-state index contributed by atoms with van der Waals surface area (Å²) in [5.41, 5.74) is 0. The van der Waals surface area contributed by atoms with Crippen molar-refractivity contribution in [2.24, 2.45) is 11.8 Å². The fourth-order valence-electron chi connectivity index (χ4n) is 4.28. The summed E-state index contributed by atoms with van der Waals surface area (Å²) in [6, 6.07) is 0.879. The van der Waals surface area contributed by atoms with Crippen molar-refractivity contribution in [3.8, 4) is 0 Å². The van der Waals surface area contributed by atoms with Gasteiger partial charge < -0.3 is 4.90 Å². The first kappa shape index (κ1) is 14.9. The van der Waals surface area contributed by atoms with Gasteiger partial charge in [0.25, 0.3) is 0 Å². The van der Waals surface area contributed by atoms with Crippen molar-refractivity contribution in [1.82, 2.24) is 4.90 Å². The highest BCUT2D eigenvalue weighted by Gasteiger charge is 2.31. The van der Waals surface area contributed by atoms with E-state index in [1.807, 2.05) is 0 Å². The number of carbonyl (C=O) groups excluding carboxylic acids is 1. The Morgan fingerprint density at radius 3 is 1.47 bits per heavy atom. The number of amides is 1. The third-order valence-corrected chi connectivity index (χ3v) is 5.73. The average Bonchev–Trinajstić information content (AvgIpc) is 2.49. The Labute approximate surface area is 118 Å². The van der Waals surface area contributed by atoms with E-state index in [4.69, 9.17) is 0 Å². The smallest absolute Gasteiger partial charge is 0.210 e. The SMILES string of the molecule is C[C@@H](C1CCCCC1)N(C=O)[C@@H](C)C1CCCCC1. The molecule has 0 N–H and O–H groups in total. The molecule has 0 bridgehead atoms. The van der Waals surface area contributed by atoms with Crippen molar-refractivity contribution < 1.29 is 4.79 Å². The van der Waals surface area contributed by atoms with Crippen LogP contribution in [0.1, 0.15) is 78.1 Å². The lowest BCUT2D eigenvalue weighted by Gasteiger charge is -2.41. The highest BCUT2D eigenvalue weighted by molar-refractivity contribution is 5.48. The maximum absolute atomic E-state index is 11.6. The molecule has 2 saturated carbocycles. The first-order chi connectivity index (χ1) is 9.24. The van der Waals surface area contributed by atoms with Gasteiger partial charge in [0.05, 0.1) is 0 Å². The van der Waals surface area contributed by atoms with E-state index in [0.717, 1.165) is 18.2 Å². The number of hydrogen-bond acceptors (Lipinski definition) is 1. The lowest BCUT2D eigenvalue weighted by atomic mass is 9.80. The summed E-state index contributed by atoms with van der Waals surface area (Å²) < 4.78 is 0. The van der Waals surface area contributed by atoms with Gasteiger partial charge in [0.2, 0.25) is 6.41 Å². The number of nitrogens with zero attached hydrogens (tertiary/aromatic N) is 1. The van der Waals surface area contributed by atoms with Gasteiger partial charge in [-0.15, -0.1) is 0 Å². The molecule has 2 fully saturated rings. The van der Waals surface area contributed by atoms with Gasteiger partial charge in [-0.2, -0.15) is 0 Å². The molecule has 2 atom stereocenters. The highest BCUT2D eigenvalue weighted by atomic mass is 16.1. The third kappa shape index (κ3) is 3.73. The highest BCUT2D eigenvalue weighted by Crippen LogP contribution is 2.33. The first-order valence-corrected chi connectivity index (χ1v) is 8.46. The zero-order valence-electron chi connectivity index (χ0n) is 12.8. The van der Waals surface area contributed by atoms with Gasteiger partial charge in [-0.25, -0.2) is 0 Å². The predicted octanol–water partition coefficient (Wildman–Crippen LogP) is 4.38. The van der Waals surface area contributed by atoms with Gasteiger partial charge >= 0.3 is 0 Å². The molecule has 0 radical (unpaired) electrons. The Kier molecular flexibility index (Phi) is 5.72. The van der Waals surface area contributed by atoms with E-state index in [-0.39, 0.29) is 0 Å². The van der Waals surface area contributed by atoms with Crippen molar-refractivity contribution in [2.45, 2.75) is 90.1 Å². The standard InChI is InChI=1S/C17H31NO/c1-14(16-9-5-3-6-10-16)18(13-19)15(2)17-11-7-4-8-12-17/h13-17H,3-12H2,1-2H3/t14-,15-/m0/s1. The van der Waals surface area contributed by atoms with Crippen LogP contribution in [0.25, 0.3) is 0 Å². The summed E-state index contributed by atoms with van der Waals surface area (Å²) in [5.74, 6) is 1.48. The van der Waals surface area contributed by atoms with Crippen molar-refractivity contribution in [1.29, 1.82) is 0 Å². The Bertz CT molecular complexity index is 242. The summed E-state index contributed by atoms with van der Waals surface area (Å²) in [6.45, 7) is 4.56. The molecule has 110 valence electrons. The monoisotopic (exact) mass is 265 g/mol. The van der Waals surface area contributed by atoms with Crippen LogP contribution >= 0.6 is 0 Å². The maximum atomic E-state index is 11.6. The molecule has 19 heavy (non-hydrogen) atoms. The van der Waals surface area contributed by atoms with E-state index < -0.39 is 0 Å². The van der Waals surface area contributed by atoms with Crippen LogP contribution in [-0.4, -0.2) is 23.4 Å². The van der Waals surface area contributed by atoms with Gasteiger partial charge in [0.15, 0.2) is 0 Å². The maximum Gasteiger partial charge on any atom is 0.210 e. The molecule has 2 aliphatic carbocycles. The van der Waals surface area contributed by atoms with Crippen LogP contribution in [0.3, 0.4) is 0 Å². The van der Waals surface area contributed by atoms with E-state index in [1.54, 1.807) is 0 Å². The molecular weight excluding hydrogens is 234 g/mol. The van der Waals surface area contributed by atoms with Gasteiger partial charge in [-0.05, 0) is 51.4 Å². The topological polar surface area (TPSA) is 20.3 Å². The fourth-order valence-corrected chi connectivity index (χ4v) is 4.28. The Morgan fingerprint density at radius 1 is 0.789 bits per heavy atom. The zero-order valence-corrected chi connectivity index (χ0v) is 12.8. The van der Waals surface area contributed by atoms with Crippen LogP contribution in [0.2, 0.25) is 0 Å². The quantitative estimate of drug-likeness (QED) is 0.675. The average molecular weight is 265 g/mol. The summed E-state index contributed by atoms with van der Waals surface area (Å²) in [6.07, 6.45) is 14.7. The van der Waals surface area contributed by atoms with Gasteiger partial charge in [0, 0.05) is 12.1 Å². The molecular formula is C17H31NO. The second-order valence-electron chi connectivity index (χ2n) is 6.83. The van der Waals surface area contributed by atoms with Gasteiger partial charge in [-0.1, -0.05) is 38.5 Å². The van der Waals surface area contributed by atoms with E-state index in [1.165, 1.54) is 64.2 Å². The second kappa shape index (κ2) is 7.31. The molecule has 2 heteroatoms. The van der Waals surface area contributed by atoms with Crippen LogP contribution in [0.5, 0.6) is 0 Å². The summed E-state index contributed by atoms with van der Waals surface area (Å²) in [7, 11) is 0. The summed E-state index contributed by atoms with van der Waals surface area (Å²) in [5, 5.41) is 0. The normalized spacial score (nSPS) is 25.8. The molecule has 0 saturated heterocycles. The second-order valence-corrected chi connectivity index (χ2v) is 6.83. The van der Waals surface area contributed by atoms with Crippen molar-refractivity contribution in [2.75, 3.05) is 0 Å². The summed E-state index contributed by atoms with van der Waals surface area (Å²) >= 11 is 0.